The van der Waals surface area contributed by atoms with Crippen LogP contribution in [0.4, 0.5) is 21.8 Å². The molecule has 1 aromatic carbocycles. The quantitative estimate of drug-likeness (QED) is 0.602. The van der Waals surface area contributed by atoms with Gasteiger partial charge in [0.25, 0.3) is 0 Å². The zero-order valence-corrected chi connectivity index (χ0v) is 16.4. The summed E-state index contributed by atoms with van der Waals surface area (Å²) in [4.78, 5) is 13.7. The van der Waals surface area contributed by atoms with E-state index in [0.29, 0.717) is 29.2 Å². The molecule has 1 saturated carbocycles. The zero-order valence-electron chi connectivity index (χ0n) is 16.4. The van der Waals surface area contributed by atoms with Gasteiger partial charge in [-0.15, -0.1) is 0 Å². The lowest BCUT2D eigenvalue weighted by atomic mass is 9.96. The van der Waals surface area contributed by atoms with Gasteiger partial charge in [-0.25, -0.2) is 9.37 Å². The summed E-state index contributed by atoms with van der Waals surface area (Å²) in [6.07, 6.45) is 7.68. The van der Waals surface area contributed by atoms with E-state index in [1.54, 1.807) is 18.3 Å². The molecule has 1 fully saturated rings. The molecule has 4 rings (SSSR count). The van der Waals surface area contributed by atoms with Crippen molar-refractivity contribution in [3.63, 3.8) is 0 Å². The predicted molar refractivity (Wildman–Crippen MR) is 112 cm³/mol. The number of methoxy groups -OCH3 is 1. The van der Waals surface area contributed by atoms with Crippen LogP contribution in [0.15, 0.2) is 48.7 Å². The normalized spacial score (nSPS) is 14.4. The molecule has 0 spiro atoms. The molecule has 0 radical (unpaired) electrons. The van der Waals surface area contributed by atoms with Gasteiger partial charge in [0, 0.05) is 30.1 Å². The number of rotatable bonds is 6. The van der Waals surface area contributed by atoms with Gasteiger partial charge >= 0.3 is 0 Å². The van der Waals surface area contributed by atoms with E-state index in [2.05, 4.69) is 25.6 Å². The Hall–Kier alpha value is -3.22. The second-order valence-electron chi connectivity index (χ2n) is 7.13. The molecule has 2 heterocycles. The molecule has 0 atom stereocenters. The maximum Gasteiger partial charge on any atom is 0.225 e. The van der Waals surface area contributed by atoms with Crippen molar-refractivity contribution in [2.24, 2.45) is 0 Å². The van der Waals surface area contributed by atoms with Gasteiger partial charge in [-0.1, -0.05) is 25.3 Å². The Morgan fingerprint density at radius 1 is 1.00 bits per heavy atom. The van der Waals surface area contributed by atoms with Crippen LogP contribution in [0.25, 0.3) is 11.4 Å². The van der Waals surface area contributed by atoms with E-state index in [0.717, 1.165) is 18.5 Å². The van der Waals surface area contributed by atoms with Crippen LogP contribution < -0.4 is 15.4 Å². The Morgan fingerprint density at radius 2 is 1.86 bits per heavy atom. The summed E-state index contributed by atoms with van der Waals surface area (Å²) in [5.74, 6) is 0.893. The lowest BCUT2D eigenvalue weighted by molar-refractivity contribution is 0.386. The largest absolute Gasteiger partial charge is 0.494 e. The highest BCUT2D eigenvalue weighted by molar-refractivity contribution is 5.65. The Morgan fingerprint density at radius 3 is 2.59 bits per heavy atom. The van der Waals surface area contributed by atoms with Crippen molar-refractivity contribution in [1.29, 1.82) is 0 Å². The van der Waals surface area contributed by atoms with Crippen molar-refractivity contribution in [3.05, 3.63) is 54.5 Å². The third kappa shape index (κ3) is 4.80. The van der Waals surface area contributed by atoms with Gasteiger partial charge in [-0.3, -0.25) is 4.98 Å². The zero-order chi connectivity index (χ0) is 20.1. The third-order valence-electron chi connectivity index (χ3n) is 5.02. The first kappa shape index (κ1) is 19.1. The molecule has 0 aliphatic heterocycles. The summed E-state index contributed by atoms with van der Waals surface area (Å²) >= 11 is 0. The number of hydrogen-bond acceptors (Lipinski definition) is 6. The minimum absolute atomic E-state index is 0.201. The monoisotopic (exact) mass is 393 g/mol. The SMILES string of the molecule is COc1ccc(Nc2cc(-c3ccccn3)nc(NC3CCCCC3)n2)cc1F. The van der Waals surface area contributed by atoms with Gasteiger partial charge < -0.3 is 15.4 Å². The molecule has 150 valence electrons. The van der Waals surface area contributed by atoms with E-state index in [1.165, 1.54) is 32.4 Å². The summed E-state index contributed by atoms with van der Waals surface area (Å²) < 4.78 is 19.0. The van der Waals surface area contributed by atoms with Crippen LogP contribution in [0.5, 0.6) is 5.75 Å². The van der Waals surface area contributed by atoms with Gasteiger partial charge in [0.1, 0.15) is 5.82 Å². The van der Waals surface area contributed by atoms with E-state index in [9.17, 15) is 4.39 Å². The summed E-state index contributed by atoms with van der Waals surface area (Å²) in [5, 5.41) is 6.63. The smallest absolute Gasteiger partial charge is 0.225 e. The number of nitrogens with zero attached hydrogens (tertiary/aromatic N) is 3. The highest BCUT2D eigenvalue weighted by Gasteiger charge is 2.16. The molecule has 2 aromatic heterocycles. The maximum atomic E-state index is 14.1. The fraction of sp³-hybridized carbons (Fsp3) is 0.318. The third-order valence-corrected chi connectivity index (χ3v) is 5.02. The van der Waals surface area contributed by atoms with Crippen LogP contribution in [0.2, 0.25) is 0 Å². The molecule has 7 heteroatoms. The highest BCUT2D eigenvalue weighted by Crippen LogP contribution is 2.27. The highest BCUT2D eigenvalue weighted by atomic mass is 19.1. The average Bonchev–Trinajstić information content (AvgIpc) is 2.75. The number of halogens is 1. The number of benzene rings is 1. The van der Waals surface area contributed by atoms with Gasteiger partial charge in [0.2, 0.25) is 5.95 Å². The fourth-order valence-electron chi connectivity index (χ4n) is 3.54. The Bertz CT molecular complexity index is 961. The summed E-state index contributed by atoms with van der Waals surface area (Å²) in [5.41, 5.74) is 2.04. The van der Waals surface area contributed by atoms with Crippen LogP contribution in [0.3, 0.4) is 0 Å². The molecule has 0 amide bonds. The predicted octanol–water partition coefficient (Wildman–Crippen LogP) is 5.17. The molecule has 3 aromatic rings. The second-order valence-corrected chi connectivity index (χ2v) is 7.13. The number of anilines is 3. The van der Waals surface area contributed by atoms with Crippen molar-refractivity contribution in [1.82, 2.24) is 15.0 Å². The Labute approximate surface area is 169 Å². The van der Waals surface area contributed by atoms with Gasteiger partial charge in [-0.05, 0) is 37.1 Å². The van der Waals surface area contributed by atoms with Gasteiger partial charge in [0.05, 0.1) is 18.5 Å². The number of pyridine rings is 1. The first-order chi connectivity index (χ1) is 14.2. The lowest BCUT2D eigenvalue weighted by Crippen LogP contribution is -2.23. The van der Waals surface area contributed by atoms with E-state index < -0.39 is 5.82 Å². The van der Waals surface area contributed by atoms with E-state index >= 15 is 0 Å². The molecule has 0 bridgehead atoms. The van der Waals surface area contributed by atoms with Crippen LogP contribution in [0.1, 0.15) is 32.1 Å². The van der Waals surface area contributed by atoms with Crippen molar-refractivity contribution in [3.8, 4) is 17.1 Å². The van der Waals surface area contributed by atoms with Crippen LogP contribution in [0, 0.1) is 5.82 Å². The molecule has 1 aliphatic rings. The first-order valence-electron chi connectivity index (χ1n) is 9.89. The average molecular weight is 393 g/mol. The Balaban J connectivity index is 1.64. The molecule has 0 saturated heterocycles. The molecule has 1 aliphatic carbocycles. The van der Waals surface area contributed by atoms with Crippen LogP contribution in [-0.4, -0.2) is 28.1 Å². The number of hydrogen-bond donors (Lipinski definition) is 2. The van der Waals surface area contributed by atoms with E-state index in [4.69, 9.17) is 4.74 Å². The number of aromatic nitrogens is 3. The second kappa shape index (κ2) is 8.86. The summed E-state index contributed by atoms with van der Waals surface area (Å²) in [6, 6.07) is 12.6. The maximum absolute atomic E-state index is 14.1. The van der Waals surface area contributed by atoms with E-state index in [1.807, 2.05) is 24.3 Å². The molecule has 29 heavy (non-hydrogen) atoms. The molecule has 2 N–H and O–H groups in total. The number of nitrogens with one attached hydrogen (secondary N) is 2. The van der Waals surface area contributed by atoms with Gasteiger partial charge in [0.15, 0.2) is 11.6 Å². The van der Waals surface area contributed by atoms with Crippen molar-refractivity contribution in [2.45, 2.75) is 38.1 Å². The van der Waals surface area contributed by atoms with Crippen molar-refractivity contribution < 1.29 is 9.13 Å². The molecular weight excluding hydrogens is 369 g/mol. The summed E-state index contributed by atoms with van der Waals surface area (Å²) in [7, 11) is 1.44. The standard InChI is InChI=1S/C22H24FN5O/c1-29-20-11-10-16(13-17(20)23)25-21-14-19(18-9-5-6-12-24-18)27-22(28-21)26-15-7-3-2-4-8-15/h5-6,9-15H,2-4,7-8H2,1H3,(H2,25,26,27,28). The minimum atomic E-state index is -0.433. The minimum Gasteiger partial charge on any atom is -0.494 e. The van der Waals surface area contributed by atoms with E-state index in [-0.39, 0.29) is 5.75 Å². The van der Waals surface area contributed by atoms with Crippen molar-refractivity contribution >= 4 is 17.5 Å². The molecular formula is C22H24FN5O. The van der Waals surface area contributed by atoms with Crippen molar-refractivity contribution in [2.75, 3.05) is 17.7 Å². The van der Waals surface area contributed by atoms with Crippen LogP contribution in [-0.2, 0) is 0 Å². The fourth-order valence-corrected chi connectivity index (χ4v) is 3.54. The lowest BCUT2D eigenvalue weighted by Gasteiger charge is -2.23. The number of ether oxygens (including phenoxy) is 1. The van der Waals surface area contributed by atoms with Crippen LogP contribution >= 0.6 is 0 Å². The van der Waals surface area contributed by atoms with Gasteiger partial charge in [-0.2, -0.15) is 4.98 Å². The Kier molecular flexibility index (Phi) is 5.84. The topological polar surface area (TPSA) is 72.0 Å². The summed E-state index contributed by atoms with van der Waals surface area (Å²) in [6.45, 7) is 0. The molecule has 6 nitrogen and oxygen atoms in total. The molecule has 0 unspecified atom stereocenters. The first-order valence-corrected chi connectivity index (χ1v) is 9.89.